The topological polar surface area (TPSA) is 118 Å². The lowest BCUT2D eigenvalue weighted by molar-refractivity contribution is -0.140. The molecule has 0 aliphatic carbocycles. The summed E-state index contributed by atoms with van der Waals surface area (Å²) in [6.45, 7) is 1.88. The van der Waals surface area contributed by atoms with E-state index in [1.165, 1.54) is 19.1 Å². The van der Waals surface area contributed by atoms with Gasteiger partial charge in [-0.15, -0.1) is 0 Å². The SMILES string of the molecule is Cc1cc(S(=O)(=O)N2CCCOC2CNC(=O)C(=O)NCc2cccnc2)ccc1F. The molecule has 31 heavy (non-hydrogen) atoms. The van der Waals surface area contributed by atoms with Crippen LogP contribution in [0.3, 0.4) is 0 Å². The lowest BCUT2D eigenvalue weighted by Crippen LogP contribution is -2.53. The minimum Gasteiger partial charge on any atom is -0.360 e. The van der Waals surface area contributed by atoms with Crippen molar-refractivity contribution in [2.75, 3.05) is 19.7 Å². The monoisotopic (exact) mass is 450 g/mol. The molecule has 1 fully saturated rings. The number of carbonyl (C=O) groups excluding carboxylic acids is 2. The maximum atomic E-state index is 13.5. The van der Waals surface area contributed by atoms with Crippen LogP contribution in [-0.2, 0) is 30.9 Å². The number of sulfonamides is 1. The third-order valence-corrected chi connectivity index (χ3v) is 6.59. The number of benzene rings is 1. The normalized spacial score (nSPS) is 17.2. The lowest BCUT2D eigenvalue weighted by Gasteiger charge is -2.34. The number of pyridine rings is 1. The summed E-state index contributed by atoms with van der Waals surface area (Å²) >= 11 is 0. The van der Waals surface area contributed by atoms with Crippen molar-refractivity contribution >= 4 is 21.8 Å². The van der Waals surface area contributed by atoms with Gasteiger partial charge in [-0.3, -0.25) is 14.6 Å². The van der Waals surface area contributed by atoms with Crippen LogP contribution in [0.1, 0.15) is 17.5 Å². The van der Waals surface area contributed by atoms with Gasteiger partial charge in [0.25, 0.3) is 0 Å². The highest BCUT2D eigenvalue weighted by atomic mass is 32.2. The molecule has 11 heteroatoms. The molecule has 2 N–H and O–H groups in total. The van der Waals surface area contributed by atoms with Gasteiger partial charge < -0.3 is 15.4 Å². The summed E-state index contributed by atoms with van der Waals surface area (Å²) in [6.07, 6.45) is 2.64. The number of aryl methyl sites for hydroxylation is 1. The number of nitrogens with zero attached hydrogens (tertiary/aromatic N) is 2. The molecule has 0 bridgehead atoms. The van der Waals surface area contributed by atoms with E-state index in [1.54, 1.807) is 24.5 Å². The summed E-state index contributed by atoms with van der Waals surface area (Å²) in [7, 11) is -3.98. The maximum absolute atomic E-state index is 13.5. The van der Waals surface area contributed by atoms with Crippen LogP contribution in [-0.4, -0.2) is 55.4 Å². The first-order valence-corrected chi connectivity index (χ1v) is 11.1. The third-order valence-electron chi connectivity index (χ3n) is 4.71. The Morgan fingerprint density at radius 2 is 2.03 bits per heavy atom. The van der Waals surface area contributed by atoms with E-state index in [1.807, 2.05) is 0 Å². The van der Waals surface area contributed by atoms with Crippen molar-refractivity contribution < 1.29 is 27.1 Å². The second-order valence-electron chi connectivity index (χ2n) is 6.96. The number of nitrogens with one attached hydrogen (secondary N) is 2. The van der Waals surface area contributed by atoms with Gasteiger partial charge in [-0.1, -0.05) is 6.07 Å². The van der Waals surface area contributed by atoms with E-state index in [0.29, 0.717) is 13.0 Å². The molecule has 0 radical (unpaired) electrons. The van der Waals surface area contributed by atoms with Crippen molar-refractivity contribution in [3.05, 3.63) is 59.7 Å². The van der Waals surface area contributed by atoms with Crippen molar-refractivity contribution in [1.82, 2.24) is 19.9 Å². The summed E-state index contributed by atoms with van der Waals surface area (Å²) in [6, 6.07) is 6.99. The van der Waals surface area contributed by atoms with Gasteiger partial charge in [0.05, 0.1) is 18.0 Å². The van der Waals surface area contributed by atoms with Crippen LogP contribution in [0.4, 0.5) is 4.39 Å². The van der Waals surface area contributed by atoms with Crippen LogP contribution in [0, 0.1) is 12.7 Å². The van der Waals surface area contributed by atoms with Gasteiger partial charge in [0.2, 0.25) is 10.0 Å². The van der Waals surface area contributed by atoms with Crippen molar-refractivity contribution in [3.8, 4) is 0 Å². The molecule has 0 saturated carbocycles. The molecule has 1 aromatic heterocycles. The molecule has 1 aliphatic rings. The molecule has 1 saturated heterocycles. The molecule has 1 aromatic carbocycles. The van der Waals surface area contributed by atoms with Gasteiger partial charge in [0.15, 0.2) is 0 Å². The highest BCUT2D eigenvalue weighted by Gasteiger charge is 2.35. The molecule has 1 aliphatic heterocycles. The Morgan fingerprint density at radius 1 is 1.26 bits per heavy atom. The molecular formula is C20H23FN4O5S. The molecule has 0 spiro atoms. The predicted molar refractivity (Wildman–Crippen MR) is 108 cm³/mol. The van der Waals surface area contributed by atoms with E-state index in [-0.39, 0.29) is 30.1 Å². The van der Waals surface area contributed by atoms with Crippen LogP contribution in [0.2, 0.25) is 0 Å². The first-order valence-electron chi connectivity index (χ1n) is 9.63. The Hall–Kier alpha value is -2.89. The van der Waals surface area contributed by atoms with Gasteiger partial charge in [0, 0.05) is 25.5 Å². The summed E-state index contributed by atoms with van der Waals surface area (Å²) in [4.78, 5) is 28.0. The Kier molecular flexibility index (Phi) is 7.31. The van der Waals surface area contributed by atoms with Crippen molar-refractivity contribution in [1.29, 1.82) is 0 Å². The third kappa shape index (κ3) is 5.63. The standard InChI is InChI=1S/C20H23FN4O5S/c1-14-10-16(5-6-17(14)21)31(28,29)25-8-3-9-30-18(25)13-24-20(27)19(26)23-12-15-4-2-7-22-11-15/h2,4-7,10-11,18H,3,8-9,12-13H2,1H3,(H,23,26)(H,24,27). The van der Waals surface area contributed by atoms with Gasteiger partial charge >= 0.3 is 11.8 Å². The molecule has 2 heterocycles. The number of ether oxygens (including phenoxy) is 1. The lowest BCUT2D eigenvalue weighted by atomic mass is 10.2. The minimum atomic E-state index is -3.98. The second kappa shape index (κ2) is 9.94. The summed E-state index contributed by atoms with van der Waals surface area (Å²) < 4.78 is 46.2. The molecule has 1 unspecified atom stereocenters. The van der Waals surface area contributed by atoms with Crippen LogP contribution < -0.4 is 10.6 Å². The second-order valence-corrected chi connectivity index (χ2v) is 8.85. The zero-order valence-corrected chi connectivity index (χ0v) is 17.7. The summed E-state index contributed by atoms with van der Waals surface area (Å²) in [5, 5.41) is 4.87. The van der Waals surface area contributed by atoms with E-state index in [2.05, 4.69) is 15.6 Å². The van der Waals surface area contributed by atoms with E-state index in [4.69, 9.17) is 4.74 Å². The van der Waals surface area contributed by atoms with Crippen LogP contribution in [0.15, 0.2) is 47.6 Å². The first-order chi connectivity index (χ1) is 14.8. The highest BCUT2D eigenvalue weighted by molar-refractivity contribution is 7.89. The average Bonchev–Trinajstić information content (AvgIpc) is 2.78. The summed E-state index contributed by atoms with van der Waals surface area (Å²) in [5.41, 5.74) is 0.931. The predicted octanol–water partition coefficient (Wildman–Crippen LogP) is 0.699. The Labute approximate surface area is 179 Å². The quantitative estimate of drug-likeness (QED) is 0.626. The minimum absolute atomic E-state index is 0.0672. The number of hydrogen-bond donors (Lipinski definition) is 2. The van der Waals surface area contributed by atoms with Crippen molar-refractivity contribution in [3.63, 3.8) is 0 Å². The fourth-order valence-electron chi connectivity index (χ4n) is 3.04. The zero-order chi connectivity index (χ0) is 22.4. The van der Waals surface area contributed by atoms with Gasteiger partial charge in [-0.05, 0) is 48.7 Å². The molecule has 166 valence electrons. The van der Waals surface area contributed by atoms with Gasteiger partial charge in [-0.25, -0.2) is 12.8 Å². The first kappa shape index (κ1) is 22.8. The summed E-state index contributed by atoms with van der Waals surface area (Å²) in [5.74, 6) is -2.27. The number of rotatable bonds is 6. The van der Waals surface area contributed by atoms with E-state index < -0.39 is 33.9 Å². The Balaban J connectivity index is 1.62. The number of aromatic nitrogens is 1. The Morgan fingerprint density at radius 3 is 2.74 bits per heavy atom. The maximum Gasteiger partial charge on any atom is 0.309 e. The highest BCUT2D eigenvalue weighted by Crippen LogP contribution is 2.23. The number of carbonyl (C=O) groups is 2. The Bertz CT molecular complexity index is 1050. The zero-order valence-electron chi connectivity index (χ0n) is 16.9. The van der Waals surface area contributed by atoms with Crippen molar-refractivity contribution in [2.45, 2.75) is 31.0 Å². The molecular weight excluding hydrogens is 427 g/mol. The smallest absolute Gasteiger partial charge is 0.309 e. The van der Waals surface area contributed by atoms with Crippen LogP contribution >= 0.6 is 0 Å². The van der Waals surface area contributed by atoms with E-state index >= 15 is 0 Å². The number of hydrogen-bond acceptors (Lipinski definition) is 6. The fourth-order valence-corrected chi connectivity index (χ4v) is 4.69. The molecule has 2 amide bonds. The van der Waals surface area contributed by atoms with E-state index in [9.17, 15) is 22.4 Å². The average molecular weight is 450 g/mol. The fraction of sp³-hybridized carbons (Fsp3) is 0.350. The molecule has 2 aromatic rings. The van der Waals surface area contributed by atoms with Gasteiger partial charge in [-0.2, -0.15) is 4.31 Å². The van der Waals surface area contributed by atoms with Crippen LogP contribution in [0.25, 0.3) is 0 Å². The van der Waals surface area contributed by atoms with Crippen molar-refractivity contribution in [2.24, 2.45) is 0 Å². The van der Waals surface area contributed by atoms with Gasteiger partial charge in [0.1, 0.15) is 12.0 Å². The largest absolute Gasteiger partial charge is 0.360 e. The molecule has 3 rings (SSSR count). The number of halogens is 1. The molecule has 9 nitrogen and oxygen atoms in total. The van der Waals surface area contributed by atoms with Crippen LogP contribution in [0.5, 0.6) is 0 Å². The number of amides is 2. The molecule has 1 atom stereocenters. The van der Waals surface area contributed by atoms with E-state index in [0.717, 1.165) is 15.9 Å².